The molecule has 0 radical (unpaired) electrons. The van der Waals surface area contributed by atoms with E-state index in [1.807, 2.05) is 18.8 Å². The van der Waals surface area contributed by atoms with Crippen LogP contribution in [0.5, 0.6) is 0 Å². The van der Waals surface area contributed by atoms with Gasteiger partial charge in [-0.05, 0) is 24.9 Å². The Bertz CT molecular complexity index is 577. The molecule has 4 heteroatoms. The molecule has 2 rings (SSSR count). The molecular weight excluding hydrogens is 282 g/mol. The second-order valence-corrected chi connectivity index (χ2v) is 5.86. The monoisotopic (exact) mass is 305 g/mol. The van der Waals surface area contributed by atoms with E-state index >= 15 is 0 Å². The van der Waals surface area contributed by atoms with E-state index in [1.165, 1.54) is 5.56 Å². The molecule has 0 bridgehead atoms. The number of benzene rings is 1. The zero-order chi connectivity index (χ0) is 15.4. The van der Waals surface area contributed by atoms with Crippen LogP contribution in [0.1, 0.15) is 36.7 Å². The van der Waals surface area contributed by atoms with Crippen LogP contribution < -0.4 is 5.32 Å². The van der Waals surface area contributed by atoms with Gasteiger partial charge >= 0.3 is 0 Å². The molecule has 0 aliphatic heterocycles. The van der Waals surface area contributed by atoms with Gasteiger partial charge in [-0.15, -0.1) is 0 Å². The molecule has 21 heavy (non-hydrogen) atoms. The van der Waals surface area contributed by atoms with Gasteiger partial charge in [0.25, 0.3) is 0 Å². The van der Waals surface area contributed by atoms with Crippen molar-refractivity contribution >= 4 is 11.6 Å². The first-order valence-electron chi connectivity index (χ1n) is 7.50. The van der Waals surface area contributed by atoms with Crippen LogP contribution in [0.15, 0.2) is 30.3 Å². The number of halogens is 1. The van der Waals surface area contributed by atoms with E-state index in [4.69, 9.17) is 11.6 Å². The van der Waals surface area contributed by atoms with Gasteiger partial charge in [0.2, 0.25) is 0 Å². The number of nitrogens with zero attached hydrogens (tertiary/aromatic N) is 2. The molecule has 1 aromatic heterocycles. The highest BCUT2D eigenvalue weighted by atomic mass is 35.5. The molecular formula is C17H24ClN3. The summed E-state index contributed by atoms with van der Waals surface area (Å²) in [4.78, 5) is 0. The third-order valence-corrected chi connectivity index (χ3v) is 4.65. The first-order valence-corrected chi connectivity index (χ1v) is 7.88. The average molecular weight is 306 g/mol. The maximum Gasteiger partial charge on any atom is 0.0850 e. The molecule has 2 atom stereocenters. The number of likely N-dealkylation sites (N-methyl/N-ethyl adjacent to an activating group) is 1. The second-order valence-electron chi connectivity index (χ2n) is 5.48. The quantitative estimate of drug-likeness (QED) is 0.884. The van der Waals surface area contributed by atoms with Gasteiger partial charge in [0.15, 0.2) is 0 Å². The average Bonchev–Trinajstić information content (AvgIpc) is 2.79. The highest BCUT2D eigenvalue weighted by Gasteiger charge is 2.22. The first kappa shape index (κ1) is 16.1. The lowest BCUT2D eigenvalue weighted by Gasteiger charge is -2.24. The number of hydrogen-bond acceptors (Lipinski definition) is 2. The first-order chi connectivity index (χ1) is 10.1. The lowest BCUT2D eigenvalue weighted by atomic mass is 9.90. The molecule has 0 spiro atoms. The summed E-state index contributed by atoms with van der Waals surface area (Å²) >= 11 is 6.47. The zero-order valence-electron chi connectivity index (χ0n) is 13.2. The van der Waals surface area contributed by atoms with E-state index in [9.17, 15) is 0 Å². The van der Waals surface area contributed by atoms with Crippen molar-refractivity contribution in [3.05, 3.63) is 52.3 Å². The summed E-state index contributed by atoms with van der Waals surface area (Å²) in [5.74, 6) is 0.409. The van der Waals surface area contributed by atoms with Crippen molar-refractivity contribution in [3.63, 3.8) is 0 Å². The minimum absolute atomic E-state index is 0.324. The topological polar surface area (TPSA) is 29.9 Å². The SMILES string of the molecule is CCc1nn(C)c(CC(NC)C(C)c2ccccc2)c1Cl. The number of aryl methyl sites for hydroxylation is 2. The fraction of sp³-hybridized carbons (Fsp3) is 0.471. The molecule has 1 heterocycles. The normalized spacial score (nSPS) is 14.1. The number of hydrogen-bond donors (Lipinski definition) is 1. The van der Waals surface area contributed by atoms with Crippen molar-refractivity contribution in [3.8, 4) is 0 Å². The zero-order valence-corrected chi connectivity index (χ0v) is 14.0. The third kappa shape index (κ3) is 3.47. The van der Waals surface area contributed by atoms with Crippen molar-refractivity contribution < 1.29 is 0 Å². The van der Waals surface area contributed by atoms with Crippen LogP contribution in [0.4, 0.5) is 0 Å². The van der Waals surface area contributed by atoms with E-state index < -0.39 is 0 Å². The Morgan fingerprint density at radius 3 is 2.48 bits per heavy atom. The summed E-state index contributed by atoms with van der Waals surface area (Å²) < 4.78 is 1.92. The van der Waals surface area contributed by atoms with Gasteiger partial charge < -0.3 is 5.32 Å². The summed E-state index contributed by atoms with van der Waals surface area (Å²) in [5.41, 5.74) is 3.43. The van der Waals surface area contributed by atoms with Gasteiger partial charge in [-0.3, -0.25) is 4.68 Å². The molecule has 3 nitrogen and oxygen atoms in total. The highest BCUT2D eigenvalue weighted by molar-refractivity contribution is 6.31. The maximum atomic E-state index is 6.47. The van der Waals surface area contributed by atoms with Crippen molar-refractivity contribution in [2.75, 3.05) is 7.05 Å². The Morgan fingerprint density at radius 1 is 1.29 bits per heavy atom. The van der Waals surface area contributed by atoms with E-state index in [-0.39, 0.29) is 0 Å². The van der Waals surface area contributed by atoms with Crippen LogP contribution in [0.3, 0.4) is 0 Å². The van der Waals surface area contributed by atoms with Gasteiger partial charge in [0, 0.05) is 19.5 Å². The highest BCUT2D eigenvalue weighted by Crippen LogP contribution is 2.26. The van der Waals surface area contributed by atoms with Crippen molar-refractivity contribution in [2.45, 2.75) is 38.6 Å². The van der Waals surface area contributed by atoms with Crippen LogP contribution in [-0.4, -0.2) is 22.9 Å². The van der Waals surface area contributed by atoms with E-state index in [1.54, 1.807) is 0 Å². The Balaban J connectivity index is 2.22. The fourth-order valence-corrected chi connectivity index (χ4v) is 3.14. The lowest BCUT2D eigenvalue weighted by molar-refractivity contribution is 0.470. The number of aromatic nitrogens is 2. The van der Waals surface area contributed by atoms with Gasteiger partial charge in [0.05, 0.1) is 16.4 Å². The number of nitrogens with one attached hydrogen (secondary N) is 1. The van der Waals surface area contributed by atoms with E-state index in [0.29, 0.717) is 12.0 Å². The summed E-state index contributed by atoms with van der Waals surface area (Å²) in [5, 5.41) is 8.76. The summed E-state index contributed by atoms with van der Waals surface area (Å²) in [6, 6.07) is 10.9. The molecule has 1 N–H and O–H groups in total. The van der Waals surface area contributed by atoms with Crippen molar-refractivity contribution in [2.24, 2.45) is 7.05 Å². The number of rotatable bonds is 6. The Kier molecular flexibility index (Phi) is 5.43. The molecule has 0 saturated carbocycles. The van der Waals surface area contributed by atoms with Crippen LogP contribution in [-0.2, 0) is 19.9 Å². The van der Waals surface area contributed by atoms with Crippen LogP contribution >= 0.6 is 11.6 Å². The predicted octanol–water partition coefficient (Wildman–Crippen LogP) is 3.57. The molecule has 0 amide bonds. The summed E-state index contributed by atoms with van der Waals surface area (Å²) in [7, 11) is 3.98. The predicted molar refractivity (Wildman–Crippen MR) is 89.0 cm³/mol. The van der Waals surface area contributed by atoms with E-state index in [0.717, 1.165) is 29.3 Å². The lowest BCUT2D eigenvalue weighted by Crippen LogP contribution is -2.33. The van der Waals surface area contributed by atoms with Crippen LogP contribution in [0.25, 0.3) is 0 Å². The van der Waals surface area contributed by atoms with Crippen molar-refractivity contribution in [1.29, 1.82) is 0 Å². The molecule has 0 fully saturated rings. The Hall–Kier alpha value is -1.32. The van der Waals surface area contributed by atoms with Gasteiger partial charge in [0.1, 0.15) is 0 Å². The van der Waals surface area contributed by atoms with Crippen LogP contribution in [0, 0.1) is 0 Å². The molecule has 2 unspecified atom stereocenters. The third-order valence-electron chi connectivity index (χ3n) is 4.22. The van der Waals surface area contributed by atoms with Crippen LogP contribution in [0.2, 0.25) is 5.02 Å². The van der Waals surface area contributed by atoms with Crippen molar-refractivity contribution in [1.82, 2.24) is 15.1 Å². The molecule has 114 valence electrons. The van der Waals surface area contributed by atoms with Gasteiger partial charge in [-0.1, -0.05) is 55.8 Å². The molecule has 0 saturated heterocycles. The van der Waals surface area contributed by atoms with Gasteiger partial charge in [-0.2, -0.15) is 5.10 Å². The Labute approximate surface area is 132 Å². The van der Waals surface area contributed by atoms with E-state index in [2.05, 4.69) is 54.6 Å². The second kappa shape index (κ2) is 7.10. The smallest absolute Gasteiger partial charge is 0.0850 e. The largest absolute Gasteiger partial charge is 0.316 e. The summed E-state index contributed by atoms with van der Waals surface area (Å²) in [6.07, 6.45) is 1.74. The molecule has 1 aromatic carbocycles. The molecule has 2 aromatic rings. The minimum atomic E-state index is 0.324. The summed E-state index contributed by atoms with van der Waals surface area (Å²) in [6.45, 7) is 4.33. The Morgan fingerprint density at radius 2 is 1.95 bits per heavy atom. The fourth-order valence-electron chi connectivity index (χ4n) is 2.77. The molecule has 0 aliphatic rings. The minimum Gasteiger partial charge on any atom is -0.316 e. The molecule has 0 aliphatic carbocycles. The standard InChI is InChI=1S/C17H24ClN3/c1-5-14-17(18)16(21(4)20-14)11-15(19-3)12(2)13-9-7-6-8-10-13/h6-10,12,15,19H,5,11H2,1-4H3. The maximum absolute atomic E-state index is 6.47. The van der Waals surface area contributed by atoms with Gasteiger partial charge in [-0.25, -0.2) is 0 Å².